The summed E-state index contributed by atoms with van der Waals surface area (Å²) in [6, 6.07) is 9.81. The molecular weight excluding hydrogens is 499 g/mol. The molecule has 174 valence electrons. The summed E-state index contributed by atoms with van der Waals surface area (Å²) in [5.74, 6) is 0.618. The highest BCUT2D eigenvalue weighted by Crippen LogP contribution is 2.38. The highest BCUT2D eigenvalue weighted by atomic mass is 35.5. The number of thiazole rings is 1. The molecular formula is C24H18Cl2N2O5S. The zero-order valence-corrected chi connectivity index (χ0v) is 20.5. The second-order valence-corrected chi connectivity index (χ2v) is 9.35. The van der Waals surface area contributed by atoms with E-state index in [-0.39, 0.29) is 19.0 Å². The zero-order chi connectivity index (χ0) is 24.0. The van der Waals surface area contributed by atoms with Gasteiger partial charge in [0, 0.05) is 0 Å². The molecule has 2 aromatic carbocycles. The SMILES string of the molecule is CCOC(=O)C1=C(C)N=c2s/c(=C/c3cccc(Cl)c3Cl)c(=O)n2[C@H]1c1ccc2c(c1)OCO2. The Bertz CT molecular complexity index is 1540. The van der Waals surface area contributed by atoms with E-state index in [9.17, 15) is 9.59 Å². The maximum absolute atomic E-state index is 13.6. The van der Waals surface area contributed by atoms with Crippen LogP contribution in [0.1, 0.15) is 31.0 Å². The van der Waals surface area contributed by atoms with Gasteiger partial charge in [-0.2, -0.15) is 0 Å². The summed E-state index contributed by atoms with van der Waals surface area (Å²) >= 11 is 13.7. The van der Waals surface area contributed by atoms with E-state index in [2.05, 4.69) is 4.99 Å². The number of allylic oxidation sites excluding steroid dienone is 1. The Hall–Kier alpha value is -3.07. The third-order valence-electron chi connectivity index (χ3n) is 5.50. The van der Waals surface area contributed by atoms with Crippen molar-refractivity contribution in [2.45, 2.75) is 19.9 Å². The van der Waals surface area contributed by atoms with Gasteiger partial charge in [0.25, 0.3) is 5.56 Å². The molecule has 0 bridgehead atoms. The lowest BCUT2D eigenvalue weighted by atomic mass is 9.95. The van der Waals surface area contributed by atoms with Gasteiger partial charge in [0.15, 0.2) is 16.3 Å². The van der Waals surface area contributed by atoms with E-state index in [4.69, 9.17) is 37.4 Å². The van der Waals surface area contributed by atoms with E-state index in [0.29, 0.717) is 53.3 Å². The molecule has 0 saturated carbocycles. The molecule has 3 heterocycles. The van der Waals surface area contributed by atoms with Gasteiger partial charge in [-0.25, -0.2) is 9.79 Å². The van der Waals surface area contributed by atoms with Crippen molar-refractivity contribution < 1.29 is 19.0 Å². The summed E-state index contributed by atoms with van der Waals surface area (Å²) in [7, 11) is 0. The fourth-order valence-electron chi connectivity index (χ4n) is 3.96. The number of hydrogen-bond acceptors (Lipinski definition) is 7. The monoisotopic (exact) mass is 516 g/mol. The number of carbonyl (C=O) groups excluding carboxylic acids is 1. The summed E-state index contributed by atoms with van der Waals surface area (Å²) in [6.07, 6.45) is 1.68. The van der Waals surface area contributed by atoms with Crippen LogP contribution in [0.5, 0.6) is 11.5 Å². The van der Waals surface area contributed by atoms with Crippen LogP contribution in [0.2, 0.25) is 10.0 Å². The normalized spacial score (nSPS) is 16.9. The van der Waals surface area contributed by atoms with Crippen LogP contribution < -0.4 is 24.4 Å². The molecule has 0 spiro atoms. The van der Waals surface area contributed by atoms with Crippen LogP contribution >= 0.6 is 34.5 Å². The molecule has 0 radical (unpaired) electrons. The van der Waals surface area contributed by atoms with E-state index in [0.717, 1.165) is 0 Å². The number of ether oxygens (including phenoxy) is 3. The number of carbonyl (C=O) groups is 1. The molecule has 0 aliphatic carbocycles. The Labute approximate surface area is 208 Å². The molecule has 1 aromatic heterocycles. The summed E-state index contributed by atoms with van der Waals surface area (Å²) in [5.41, 5.74) is 1.75. The van der Waals surface area contributed by atoms with E-state index in [1.54, 1.807) is 56.3 Å². The molecule has 2 aliphatic rings. The van der Waals surface area contributed by atoms with Crippen LogP contribution in [0.4, 0.5) is 0 Å². The molecule has 5 rings (SSSR count). The molecule has 0 unspecified atom stereocenters. The first-order valence-electron chi connectivity index (χ1n) is 10.4. The van der Waals surface area contributed by atoms with Crippen LogP contribution in [-0.4, -0.2) is 23.9 Å². The molecule has 7 nitrogen and oxygen atoms in total. The predicted octanol–water partition coefficient (Wildman–Crippen LogP) is 3.83. The van der Waals surface area contributed by atoms with E-state index in [1.165, 1.54) is 15.9 Å². The van der Waals surface area contributed by atoms with Gasteiger partial charge in [0.1, 0.15) is 0 Å². The first kappa shape index (κ1) is 22.7. The predicted molar refractivity (Wildman–Crippen MR) is 129 cm³/mol. The maximum atomic E-state index is 13.6. The van der Waals surface area contributed by atoms with Crippen molar-refractivity contribution in [2.24, 2.45) is 4.99 Å². The van der Waals surface area contributed by atoms with Crippen LogP contribution in [-0.2, 0) is 9.53 Å². The molecule has 0 fully saturated rings. The first-order valence-corrected chi connectivity index (χ1v) is 12.0. The number of esters is 1. The highest BCUT2D eigenvalue weighted by Gasteiger charge is 2.34. The third kappa shape index (κ3) is 3.81. The van der Waals surface area contributed by atoms with E-state index in [1.807, 2.05) is 0 Å². The van der Waals surface area contributed by atoms with Crippen molar-refractivity contribution in [1.82, 2.24) is 4.57 Å². The van der Waals surface area contributed by atoms with Gasteiger partial charge >= 0.3 is 5.97 Å². The van der Waals surface area contributed by atoms with E-state index < -0.39 is 12.0 Å². The smallest absolute Gasteiger partial charge is 0.338 e. The molecule has 10 heteroatoms. The minimum Gasteiger partial charge on any atom is -0.463 e. The maximum Gasteiger partial charge on any atom is 0.338 e. The fraction of sp³-hybridized carbons (Fsp3) is 0.208. The first-order chi connectivity index (χ1) is 16.4. The molecule has 1 atom stereocenters. The van der Waals surface area contributed by atoms with Crippen molar-refractivity contribution in [2.75, 3.05) is 13.4 Å². The Morgan fingerprint density at radius 2 is 2.06 bits per heavy atom. The van der Waals surface area contributed by atoms with Gasteiger partial charge in [-0.3, -0.25) is 9.36 Å². The van der Waals surface area contributed by atoms with Crippen molar-refractivity contribution in [1.29, 1.82) is 0 Å². The van der Waals surface area contributed by atoms with Crippen LogP contribution in [0, 0.1) is 0 Å². The van der Waals surface area contributed by atoms with Crippen LogP contribution in [0.3, 0.4) is 0 Å². The minimum absolute atomic E-state index is 0.113. The minimum atomic E-state index is -0.748. The van der Waals surface area contributed by atoms with Gasteiger partial charge in [0.2, 0.25) is 6.79 Å². The van der Waals surface area contributed by atoms with E-state index >= 15 is 0 Å². The summed E-state index contributed by atoms with van der Waals surface area (Å²) in [6.45, 7) is 3.77. The second kappa shape index (κ2) is 8.94. The van der Waals surface area contributed by atoms with Gasteiger partial charge in [-0.15, -0.1) is 0 Å². The Morgan fingerprint density at radius 1 is 1.26 bits per heavy atom. The quantitative estimate of drug-likeness (QED) is 0.492. The number of halogens is 2. The van der Waals surface area contributed by atoms with Crippen molar-refractivity contribution in [3.05, 3.63) is 88.5 Å². The van der Waals surface area contributed by atoms with Crippen molar-refractivity contribution in [3.8, 4) is 11.5 Å². The number of rotatable bonds is 4. The van der Waals surface area contributed by atoms with Gasteiger partial charge in [0.05, 0.1) is 38.5 Å². The third-order valence-corrected chi connectivity index (χ3v) is 7.31. The summed E-state index contributed by atoms with van der Waals surface area (Å²) in [4.78, 5) is 31.6. The standard InChI is InChI=1S/C24H18Cl2N2O5S/c1-3-31-23(30)19-12(2)27-24-28(21(19)14-7-8-16-17(9-14)33-11-32-16)22(29)18(34-24)10-13-5-4-6-15(25)20(13)26/h4-10,21H,3,11H2,1-2H3/b18-10+/t21-/m0/s1. The van der Waals surface area contributed by atoms with Crippen molar-refractivity contribution >= 4 is 46.6 Å². The summed E-state index contributed by atoms with van der Waals surface area (Å²) in [5, 5.41) is 0.743. The fourth-order valence-corrected chi connectivity index (χ4v) is 5.36. The lowest BCUT2D eigenvalue weighted by molar-refractivity contribution is -0.139. The number of nitrogens with zero attached hydrogens (tertiary/aromatic N) is 2. The zero-order valence-electron chi connectivity index (χ0n) is 18.1. The lowest BCUT2D eigenvalue weighted by Crippen LogP contribution is -2.39. The number of hydrogen-bond donors (Lipinski definition) is 0. The molecule has 2 aliphatic heterocycles. The summed E-state index contributed by atoms with van der Waals surface area (Å²) < 4.78 is 18.2. The highest BCUT2D eigenvalue weighted by molar-refractivity contribution is 7.07. The molecule has 0 amide bonds. The van der Waals surface area contributed by atoms with Gasteiger partial charge in [-0.05, 0) is 49.2 Å². The van der Waals surface area contributed by atoms with Crippen LogP contribution in [0.25, 0.3) is 6.08 Å². The van der Waals surface area contributed by atoms with Crippen LogP contribution in [0.15, 0.2) is 57.5 Å². The molecule has 34 heavy (non-hydrogen) atoms. The molecule has 0 saturated heterocycles. The number of benzene rings is 2. The van der Waals surface area contributed by atoms with Gasteiger partial charge < -0.3 is 14.2 Å². The Balaban J connectivity index is 1.74. The average molecular weight is 517 g/mol. The number of aromatic nitrogens is 1. The molecule has 3 aromatic rings. The lowest BCUT2D eigenvalue weighted by Gasteiger charge is -2.24. The Morgan fingerprint density at radius 3 is 2.85 bits per heavy atom. The molecule has 0 N–H and O–H groups in total. The Kier molecular flexibility index (Phi) is 5.97. The second-order valence-electron chi connectivity index (χ2n) is 7.56. The van der Waals surface area contributed by atoms with Crippen molar-refractivity contribution in [3.63, 3.8) is 0 Å². The topological polar surface area (TPSA) is 79.1 Å². The largest absolute Gasteiger partial charge is 0.463 e. The van der Waals surface area contributed by atoms with Gasteiger partial charge in [-0.1, -0.05) is 52.7 Å². The number of fused-ring (bicyclic) bond motifs is 2. The average Bonchev–Trinajstić information content (AvgIpc) is 3.40.